The number of nitrogens with two attached hydrogens (primary N) is 1. The van der Waals surface area contributed by atoms with Crippen LogP contribution in [0, 0.1) is 0 Å². The Morgan fingerprint density at radius 3 is 2.25 bits per heavy atom. The monoisotopic (exact) mass is 259 g/mol. The first-order valence-corrected chi connectivity index (χ1v) is 4.74. The molecule has 0 aliphatic rings. The maximum atomic E-state index is 11.1. The summed E-state index contributed by atoms with van der Waals surface area (Å²) in [4.78, 5) is 32.2. The summed E-state index contributed by atoms with van der Waals surface area (Å²) in [7, 11) is 0. The quantitative estimate of drug-likeness (QED) is 0.256. The van der Waals surface area contributed by atoms with Crippen molar-refractivity contribution in [2.45, 2.75) is 6.04 Å². The molecule has 0 saturated heterocycles. The summed E-state index contributed by atoms with van der Waals surface area (Å²) in [6.45, 7) is -0.518. The van der Waals surface area contributed by atoms with Gasteiger partial charge in [0, 0.05) is 5.75 Å². The van der Waals surface area contributed by atoms with Crippen LogP contribution in [0.25, 0.3) is 0 Å². The van der Waals surface area contributed by atoms with Gasteiger partial charge in [-0.3, -0.25) is 9.59 Å². The van der Waals surface area contributed by atoms with Crippen LogP contribution in [0.5, 0.6) is 0 Å². The second kappa shape index (κ2) is 9.91. The molecule has 0 aliphatic carbocycles. The van der Waals surface area contributed by atoms with Gasteiger partial charge in [0.1, 0.15) is 6.04 Å². The molecule has 7 nitrogen and oxygen atoms in total. The van der Waals surface area contributed by atoms with E-state index in [0.717, 1.165) is 0 Å². The Hall–Kier alpha value is -0.280. The summed E-state index contributed by atoms with van der Waals surface area (Å²) >= 11 is 3.75. The topological polar surface area (TPSA) is 122 Å². The average Bonchev–Trinajstić information content (AvgIpc) is 2.21. The van der Waals surface area contributed by atoms with Crippen molar-refractivity contribution < 1.29 is 19.5 Å². The van der Waals surface area contributed by atoms with Gasteiger partial charge in [-0.1, -0.05) is 0 Å². The molecule has 0 fully saturated rings. The zero-order chi connectivity index (χ0) is 11.8. The van der Waals surface area contributed by atoms with E-state index in [4.69, 9.17) is 10.8 Å². The summed E-state index contributed by atoms with van der Waals surface area (Å²) in [6, 6.07) is -1.06. The van der Waals surface area contributed by atoms with Gasteiger partial charge < -0.3 is 21.5 Å². The third kappa shape index (κ3) is 7.94. The van der Waals surface area contributed by atoms with Crippen molar-refractivity contribution in [2.75, 3.05) is 18.8 Å². The van der Waals surface area contributed by atoms with E-state index < -0.39 is 23.8 Å². The van der Waals surface area contributed by atoms with Gasteiger partial charge in [0.15, 0.2) is 0 Å². The first-order chi connectivity index (χ1) is 7.01. The molecule has 0 aromatic heterocycles. The van der Waals surface area contributed by atoms with Gasteiger partial charge in [0.25, 0.3) is 0 Å². The second-order valence-corrected chi connectivity index (χ2v) is 2.99. The van der Waals surface area contributed by atoms with Crippen LogP contribution in [0.4, 0.5) is 0 Å². The third-order valence-electron chi connectivity index (χ3n) is 1.45. The molecule has 0 heterocycles. The van der Waals surface area contributed by atoms with Crippen molar-refractivity contribution in [1.82, 2.24) is 10.6 Å². The number of carbonyl (C=O) groups is 3. The Kier molecular flexibility index (Phi) is 11.2. The number of carboxylic acid groups (broad SMARTS) is 1. The summed E-state index contributed by atoms with van der Waals surface area (Å²) in [5.41, 5.74) is 4.98. The summed E-state index contributed by atoms with van der Waals surface area (Å²) in [5.74, 6) is -2.28. The minimum atomic E-state index is -1.18. The van der Waals surface area contributed by atoms with Crippen molar-refractivity contribution in [2.24, 2.45) is 5.73 Å². The molecule has 0 aromatic carbocycles. The van der Waals surface area contributed by atoms with Gasteiger partial charge in [-0.2, -0.15) is 12.6 Å². The Labute approximate surface area is 120 Å². The van der Waals surface area contributed by atoms with Crippen LogP contribution >= 0.6 is 12.6 Å². The van der Waals surface area contributed by atoms with Gasteiger partial charge in [-0.05, 0) is 0 Å². The molecular weight excluding hydrogens is 245 g/mol. The van der Waals surface area contributed by atoms with E-state index >= 15 is 0 Å². The predicted molar refractivity (Wildman–Crippen MR) is 62.6 cm³/mol. The van der Waals surface area contributed by atoms with E-state index in [2.05, 4.69) is 23.3 Å². The van der Waals surface area contributed by atoms with E-state index in [1.165, 1.54) is 0 Å². The Bertz CT molecular complexity index is 264. The first kappa shape index (κ1) is 18.1. The molecule has 0 saturated carbocycles. The molecule has 88 valence electrons. The van der Waals surface area contributed by atoms with Crippen LogP contribution in [0.3, 0.4) is 0 Å². The van der Waals surface area contributed by atoms with Gasteiger partial charge >= 0.3 is 35.5 Å². The molecule has 2 amide bonds. The maximum absolute atomic E-state index is 11.1. The van der Waals surface area contributed by atoms with Gasteiger partial charge in [-0.15, -0.1) is 0 Å². The Morgan fingerprint density at radius 1 is 1.31 bits per heavy atom. The molecule has 1 atom stereocenters. The fourth-order valence-corrected chi connectivity index (χ4v) is 0.929. The molecule has 5 N–H and O–H groups in total. The molecule has 0 aliphatic heterocycles. The minimum absolute atomic E-state index is 0. The zero-order valence-electron chi connectivity index (χ0n) is 7.90. The van der Waals surface area contributed by atoms with Crippen LogP contribution in [0.15, 0.2) is 0 Å². The number of hydrogen-bond acceptors (Lipinski definition) is 5. The second-order valence-electron chi connectivity index (χ2n) is 2.62. The number of aliphatic carboxylic acids is 1. The molecule has 0 aromatic rings. The van der Waals surface area contributed by atoms with Gasteiger partial charge in [0.2, 0.25) is 11.8 Å². The summed E-state index contributed by atoms with van der Waals surface area (Å²) < 4.78 is 0. The van der Waals surface area contributed by atoms with E-state index in [1.54, 1.807) is 0 Å². The molecule has 16 heavy (non-hydrogen) atoms. The van der Waals surface area contributed by atoms with Crippen molar-refractivity contribution >= 4 is 60.0 Å². The number of nitrogens with one attached hydrogen (secondary N) is 2. The fraction of sp³-hybridized carbons (Fsp3) is 0.571. The molecular formula is C7H14N3NaO4S. The van der Waals surface area contributed by atoms with Crippen LogP contribution < -0.4 is 16.4 Å². The predicted octanol–water partition coefficient (Wildman–Crippen LogP) is -3.09. The van der Waals surface area contributed by atoms with E-state index in [0.29, 0.717) is 0 Å². The van der Waals surface area contributed by atoms with Crippen LogP contribution in [-0.2, 0) is 14.4 Å². The standard InChI is InChI=1S/C7H13N3O4S.Na.H/c8-1-5(11)9-2-6(12)10-4(3-15)7(13)14;;/h4,15H,1-3,8H2,(H,9,11)(H,10,12)(H,13,14);;/t4-;;/m0../s1. The fourth-order valence-electron chi connectivity index (χ4n) is 0.682. The molecule has 0 radical (unpaired) electrons. The Morgan fingerprint density at radius 2 is 1.88 bits per heavy atom. The number of amides is 2. The number of hydrogen-bond donors (Lipinski definition) is 5. The van der Waals surface area contributed by atoms with E-state index in [-0.39, 0.29) is 48.4 Å². The van der Waals surface area contributed by atoms with Crippen LogP contribution in [0.1, 0.15) is 0 Å². The van der Waals surface area contributed by atoms with Crippen molar-refractivity contribution in [3.63, 3.8) is 0 Å². The first-order valence-electron chi connectivity index (χ1n) is 4.11. The number of carboxylic acids is 1. The molecule has 0 bridgehead atoms. The number of thiol groups is 1. The van der Waals surface area contributed by atoms with Crippen molar-refractivity contribution in [1.29, 1.82) is 0 Å². The van der Waals surface area contributed by atoms with E-state index in [9.17, 15) is 14.4 Å². The average molecular weight is 259 g/mol. The molecule has 0 spiro atoms. The van der Waals surface area contributed by atoms with Crippen molar-refractivity contribution in [3.05, 3.63) is 0 Å². The van der Waals surface area contributed by atoms with Crippen molar-refractivity contribution in [3.8, 4) is 0 Å². The molecule has 0 rings (SSSR count). The zero-order valence-corrected chi connectivity index (χ0v) is 8.79. The van der Waals surface area contributed by atoms with Gasteiger partial charge in [0.05, 0.1) is 13.1 Å². The summed E-state index contributed by atoms with van der Waals surface area (Å²) in [6.07, 6.45) is 0. The van der Waals surface area contributed by atoms with Crippen LogP contribution in [0.2, 0.25) is 0 Å². The van der Waals surface area contributed by atoms with Crippen LogP contribution in [-0.4, -0.2) is 77.3 Å². The third-order valence-corrected chi connectivity index (χ3v) is 1.81. The number of carbonyl (C=O) groups excluding carboxylic acids is 2. The van der Waals surface area contributed by atoms with E-state index in [1.807, 2.05) is 0 Å². The number of rotatable bonds is 6. The SMILES string of the molecule is NCC(=O)NCC(=O)N[C@@H](CS)C(=O)O.[NaH]. The normalized spacial score (nSPS) is 10.9. The molecule has 9 heteroatoms. The summed E-state index contributed by atoms with van der Waals surface area (Å²) in [5, 5.41) is 13.0. The van der Waals surface area contributed by atoms with Gasteiger partial charge in [-0.25, -0.2) is 4.79 Å². The Balaban J connectivity index is 0. The molecule has 0 unspecified atom stereocenters.